The van der Waals surface area contributed by atoms with Gasteiger partial charge in [0, 0.05) is 45.8 Å². The van der Waals surface area contributed by atoms with Gasteiger partial charge in [0.2, 0.25) is 10.0 Å². The Bertz CT molecular complexity index is 1210. The number of carbonyl (C=O) groups excluding carboxylic acids is 1. The van der Waals surface area contributed by atoms with Crippen LogP contribution in [0.3, 0.4) is 0 Å². The second kappa shape index (κ2) is 8.90. The molecule has 2 heterocycles. The van der Waals surface area contributed by atoms with E-state index in [2.05, 4.69) is 17.9 Å². The molecular weight excluding hydrogens is 444 g/mol. The number of fused-ring (bicyclic) bond motifs is 1. The minimum atomic E-state index is -3.59. The summed E-state index contributed by atoms with van der Waals surface area (Å²) in [5, 5.41) is 1.09. The van der Waals surface area contributed by atoms with Gasteiger partial charge in [-0.05, 0) is 43.7 Å². The van der Waals surface area contributed by atoms with Crippen LogP contribution >= 0.6 is 11.3 Å². The lowest BCUT2D eigenvalue weighted by molar-refractivity contribution is 0.0581. The quantitative estimate of drug-likeness (QED) is 0.569. The fourth-order valence-electron chi connectivity index (χ4n) is 3.91. The largest absolute Gasteiger partial charge is 0.336 e. The fraction of sp³-hybridized carbons (Fsp3) is 0.391. The highest BCUT2D eigenvalue weighted by Crippen LogP contribution is 2.30. The second-order valence-electron chi connectivity index (χ2n) is 8.29. The molecule has 1 aromatic heterocycles. The number of para-hydroxylation sites is 1. The first-order valence-electron chi connectivity index (χ1n) is 10.6. The summed E-state index contributed by atoms with van der Waals surface area (Å²) in [6.07, 6.45) is 0. The number of carbonyl (C=O) groups is 1. The summed E-state index contributed by atoms with van der Waals surface area (Å²) < 4.78 is 27.3. The standard InChI is InChI=1S/C23H28N4O3S2/c1-16-9-10-18(32(29,30)25(3)4)15-19(16)23(28)27-13-11-26(12-14-27)17(2)22-24-20-7-5-6-8-21(20)31-22/h5-10,15,17H,11-14H2,1-4H3. The first-order chi connectivity index (χ1) is 15.2. The molecule has 1 aliphatic rings. The Kier molecular flexibility index (Phi) is 6.35. The monoisotopic (exact) mass is 472 g/mol. The van der Waals surface area contributed by atoms with E-state index in [0.29, 0.717) is 18.7 Å². The van der Waals surface area contributed by atoms with Crippen molar-refractivity contribution >= 4 is 37.5 Å². The maximum absolute atomic E-state index is 13.2. The third kappa shape index (κ3) is 4.30. The average Bonchev–Trinajstić information content (AvgIpc) is 3.22. The van der Waals surface area contributed by atoms with E-state index in [9.17, 15) is 13.2 Å². The highest BCUT2D eigenvalue weighted by Gasteiger charge is 2.28. The van der Waals surface area contributed by atoms with Crippen LogP contribution in [0.1, 0.15) is 33.9 Å². The lowest BCUT2D eigenvalue weighted by atomic mass is 10.1. The molecule has 1 aliphatic heterocycles. The molecule has 170 valence electrons. The molecule has 0 aliphatic carbocycles. The van der Waals surface area contributed by atoms with Crippen molar-refractivity contribution in [2.75, 3.05) is 40.3 Å². The van der Waals surface area contributed by atoms with Gasteiger partial charge in [-0.15, -0.1) is 11.3 Å². The molecule has 0 radical (unpaired) electrons. The summed E-state index contributed by atoms with van der Waals surface area (Å²) >= 11 is 1.72. The molecule has 3 aromatic rings. The molecule has 9 heteroatoms. The molecule has 1 unspecified atom stereocenters. The van der Waals surface area contributed by atoms with Gasteiger partial charge in [-0.1, -0.05) is 18.2 Å². The molecule has 32 heavy (non-hydrogen) atoms. The number of thiazole rings is 1. The minimum Gasteiger partial charge on any atom is -0.336 e. The summed E-state index contributed by atoms with van der Waals surface area (Å²) in [5.74, 6) is -0.120. The van der Waals surface area contributed by atoms with Crippen molar-refractivity contribution in [3.05, 3.63) is 58.6 Å². The van der Waals surface area contributed by atoms with Crippen LogP contribution in [0.25, 0.3) is 10.2 Å². The normalized spacial score (nSPS) is 16.6. The number of aryl methyl sites for hydroxylation is 1. The Morgan fingerprint density at radius 3 is 2.44 bits per heavy atom. The molecule has 7 nitrogen and oxygen atoms in total. The Labute approximate surface area is 193 Å². The third-order valence-corrected chi connectivity index (χ3v) is 9.05. The summed E-state index contributed by atoms with van der Waals surface area (Å²) in [7, 11) is -0.616. The van der Waals surface area contributed by atoms with Crippen LogP contribution in [-0.2, 0) is 10.0 Å². The molecular formula is C23H28N4O3S2. The highest BCUT2D eigenvalue weighted by atomic mass is 32.2. The molecule has 1 saturated heterocycles. The Balaban J connectivity index is 1.47. The third-order valence-electron chi connectivity index (χ3n) is 6.04. The van der Waals surface area contributed by atoms with Gasteiger partial charge in [0.1, 0.15) is 5.01 Å². The van der Waals surface area contributed by atoms with Crippen molar-refractivity contribution in [2.45, 2.75) is 24.8 Å². The van der Waals surface area contributed by atoms with Crippen LogP contribution < -0.4 is 0 Å². The van der Waals surface area contributed by atoms with E-state index in [0.717, 1.165) is 33.5 Å². The zero-order chi connectivity index (χ0) is 23.0. The van der Waals surface area contributed by atoms with Gasteiger partial charge in [0.15, 0.2) is 0 Å². The summed E-state index contributed by atoms with van der Waals surface area (Å²) in [6.45, 7) is 6.69. The number of rotatable bonds is 5. The molecule has 4 rings (SSSR count). The van der Waals surface area contributed by atoms with Crippen LogP contribution in [0.15, 0.2) is 47.4 Å². The van der Waals surface area contributed by atoms with Gasteiger partial charge >= 0.3 is 0 Å². The zero-order valence-electron chi connectivity index (χ0n) is 18.8. The van der Waals surface area contributed by atoms with Crippen LogP contribution in [0.4, 0.5) is 0 Å². The molecule has 0 saturated carbocycles. The number of hydrogen-bond acceptors (Lipinski definition) is 6. The molecule has 1 atom stereocenters. The van der Waals surface area contributed by atoms with Crippen LogP contribution in [0.5, 0.6) is 0 Å². The van der Waals surface area contributed by atoms with Crippen molar-refractivity contribution in [3.63, 3.8) is 0 Å². The highest BCUT2D eigenvalue weighted by molar-refractivity contribution is 7.89. The van der Waals surface area contributed by atoms with Gasteiger partial charge in [-0.25, -0.2) is 17.7 Å². The first-order valence-corrected chi connectivity index (χ1v) is 12.9. The zero-order valence-corrected chi connectivity index (χ0v) is 20.4. The van der Waals surface area contributed by atoms with Crippen molar-refractivity contribution in [3.8, 4) is 0 Å². The Hall–Kier alpha value is -2.33. The van der Waals surface area contributed by atoms with Crippen molar-refractivity contribution in [1.82, 2.24) is 19.1 Å². The summed E-state index contributed by atoms with van der Waals surface area (Å²) in [5.41, 5.74) is 2.25. The second-order valence-corrected chi connectivity index (χ2v) is 11.5. The van der Waals surface area contributed by atoms with Crippen molar-refractivity contribution in [2.24, 2.45) is 0 Å². The van der Waals surface area contributed by atoms with Gasteiger partial charge in [0.25, 0.3) is 5.91 Å². The van der Waals surface area contributed by atoms with E-state index in [1.54, 1.807) is 23.5 Å². The molecule has 1 fully saturated rings. The first kappa shape index (κ1) is 22.8. The molecule has 0 bridgehead atoms. The lowest BCUT2D eigenvalue weighted by Gasteiger charge is -2.37. The SMILES string of the molecule is Cc1ccc(S(=O)(=O)N(C)C)cc1C(=O)N1CCN(C(C)c2nc3ccccc3s2)CC1. The topological polar surface area (TPSA) is 73.8 Å². The number of hydrogen-bond donors (Lipinski definition) is 0. The number of aromatic nitrogens is 1. The molecule has 0 N–H and O–H groups in total. The summed E-state index contributed by atoms with van der Waals surface area (Å²) in [4.78, 5) is 22.3. The fourth-order valence-corrected chi connectivity index (χ4v) is 5.89. The predicted molar refractivity (Wildman–Crippen MR) is 128 cm³/mol. The van der Waals surface area contributed by atoms with Gasteiger partial charge < -0.3 is 4.90 Å². The summed E-state index contributed by atoms with van der Waals surface area (Å²) in [6, 6.07) is 13.1. The maximum atomic E-state index is 13.2. The number of nitrogens with zero attached hydrogens (tertiary/aromatic N) is 4. The Morgan fingerprint density at radius 1 is 1.09 bits per heavy atom. The van der Waals surface area contributed by atoms with E-state index in [1.807, 2.05) is 30.0 Å². The van der Waals surface area contributed by atoms with Crippen LogP contribution in [0, 0.1) is 6.92 Å². The van der Waals surface area contributed by atoms with E-state index in [-0.39, 0.29) is 16.8 Å². The molecule has 1 amide bonds. The van der Waals surface area contributed by atoms with E-state index >= 15 is 0 Å². The smallest absolute Gasteiger partial charge is 0.254 e. The van der Waals surface area contributed by atoms with Gasteiger partial charge in [-0.3, -0.25) is 9.69 Å². The van der Waals surface area contributed by atoms with Crippen molar-refractivity contribution < 1.29 is 13.2 Å². The number of amides is 1. The number of piperazine rings is 1. The van der Waals surface area contributed by atoms with E-state index in [4.69, 9.17) is 4.98 Å². The van der Waals surface area contributed by atoms with Gasteiger partial charge in [0.05, 0.1) is 21.2 Å². The average molecular weight is 473 g/mol. The molecule has 0 spiro atoms. The van der Waals surface area contributed by atoms with E-state index in [1.165, 1.54) is 24.9 Å². The number of sulfonamides is 1. The minimum absolute atomic E-state index is 0.120. The van der Waals surface area contributed by atoms with Gasteiger partial charge in [-0.2, -0.15) is 0 Å². The van der Waals surface area contributed by atoms with Crippen LogP contribution in [-0.4, -0.2) is 73.7 Å². The lowest BCUT2D eigenvalue weighted by Crippen LogP contribution is -2.49. The number of benzene rings is 2. The Morgan fingerprint density at radius 2 is 1.78 bits per heavy atom. The molecule has 2 aromatic carbocycles. The predicted octanol–water partition coefficient (Wildman–Crippen LogP) is 3.37. The van der Waals surface area contributed by atoms with E-state index < -0.39 is 10.0 Å². The maximum Gasteiger partial charge on any atom is 0.254 e. The van der Waals surface area contributed by atoms with Crippen molar-refractivity contribution in [1.29, 1.82) is 0 Å². The van der Waals surface area contributed by atoms with Crippen LogP contribution in [0.2, 0.25) is 0 Å².